The molecule has 1 aromatic heterocycles. The SMILES string of the molecule is CCn1nnc2c(C)c(C(CC(=O)N3C(=O)OCC3Cc3ccccc3)c3ccc(C)c(CO[Si](C)(C)C(C)(C)C)c3)ccc21. The molecule has 0 radical (unpaired) electrons. The van der Waals surface area contributed by atoms with Gasteiger partial charge >= 0.3 is 6.09 Å². The summed E-state index contributed by atoms with van der Waals surface area (Å²) < 4.78 is 13.9. The quantitative estimate of drug-likeness (QED) is 0.168. The summed E-state index contributed by atoms with van der Waals surface area (Å²) in [6.45, 7) is 18.8. The fourth-order valence-electron chi connectivity index (χ4n) is 5.82. The fourth-order valence-corrected chi connectivity index (χ4v) is 6.76. The van der Waals surface area contributed by atoms with Gasteiger partial charge < -0.3 is 9.16 Å². The zero-order valence-corrected chi connectivity index (χ0v) is 28.9. The monoisotopic (exact) mass is 626 g/mol. The standard InChI is InChI=1S/C36H46N4O4Si/c1-9-39-32-18-17-30(25(3)34(32)37-38-39)31(27-16-15-24(2)28(20-27)22-44-45(7,8)36(4,5)6)21-33(41)40-29(23-43-35(40)42)19-26-13-11-10-12-14-26/h10-18,20,29,31H,9,19,21-23H2,1-8H3. The number of carbonyl (C=O) groups excluding carboxylic acids is 2. The Morgan fingerprint density at radius 1 is 1.09 bits per heavy atom. The molecule has 2 atom stereocenters. The van der Waals surface area contributed by atoms with Crippen LogP contribution >= 0.6 is 0 Å². The first-order chi connectivity index (χ1) is 21.3. The Balaban J connectivity index is 1.52. The van der Waals surface area contributed by atoms with Crippen LogP contribution < -0.4 is 0 Å². The largest absolute Gasteiger partial charge is 0.447 e. The predicted molar refractivity (Wildman–Crippen MR) is 180 cm³/mol. The van der Waals surface area contributed by atoms with Crippen molar-refractivity contribution < 1.29 is 18.8 Å². The number of hydrogen-bond donors (Lipinski definition) is 0. The van der Waals surface area contributed by atoms with Gasteiger partial charge in [0.1, 0.15) is 12.1 Å². The number of aryl methyl sites for hydroxylation is 3. The molecule has 3 aromatic carbocycles. The van der Waals surface area contributed by atoms with Gasteiger partial charge in [0.25, 0.3) is 0 Å². The zero-order chi connectivity index (χ0) is 32.5. The third-order valence-electron chi connectivity index (χ3n) is 9.75. The molecule has 9 heteroatoms. The molecule has 1 fully saturated rings. The molecule has 5 rings (SSSR count). The summed E-state index contributed by atoms with van der Waals surface area (Å²) in [6.07, 6.45) is 0.0819. The molecule has 0 spiro atoms. The molecular formula is C36H46N4O4Si. The molecule has 4 aromatic rings. The van der Waals surface area contributed by atoms with Crippen molar-refractivity contribution >= 4 is 31.4 Å². The second-order valence-electron chi connectivity index (χ2n) is 13.7. The molecule has 1 saturated heterocycles. The predicted octanol–water partition coefficient (Wildman–Crippen LogP) is 7.70. The van der Waals surface area contributed by atoms with Gasteiger partial charge in [0, 0.05) is 18.9 Å². The molecule has 1 aliphatic heterocycles. The van der Waals surface area contributed by atoms with Crippen LogP contribution in [-0.4, -0.2) is 52.9 Å². The lowest BCUT2D eigenvalue weighted by atomic mass is 9.84. The molecule has 0 bridgehead atoms. The average Bonchev–Trinajstić information content (AvgIpc) is 3.59. The van der Waals surface area contributed by atoms with E-state index in [2.05, 4.69) is 75.4 Å². The Kier molecular flexibility index (Phi) is 9.33. The van der Waals surface area contributed by atoms with Crippen molar-refractivity contribution in [1.29, 1.82) is 0 Å². The van der Waals surface area contributed by atoms with Gasteiger partial charge in [0.15, 0.2) is 8.32 Å². The number of aromatic nitrogens is 3. The molecule has 0 N–H and O–H groups in total. The number of fused-ring (bicyclic) bond motifs is 1. The first-order valence-electron chi connectivity index (χ1n) is 15.9. The highest BCUT2D eigenvalue weighted by Crippen LogP contribution is 2.39. The van der Waals surface area contributed by atoms with Crippen molar-refractivity contribution in [3.63, 3.8) is 0 Å². The number of imide groups is 1. The summed E-state index contributed by atoms with van der Waals surface area (Å²) in [5, 5.41) is 8.93. The maximum Gasteiger partial charge on any atom is 0.416 e. The summed E-state index contributed by atoms with van der Waals surface area (Å²) in [4.78, 5) is 28.4. The first kappa shape index (κ1) is 32.6. The van der Waals surface area contributed by atoms with Crippen molar-refractivity contribution in [1.82, 2.24) is 19.9 Å². The Bertz CT molecular complexity index is 1690. The van der Waals surface area contributed by atoms with E-state index >= 15 is 0 Å². The minimum Gasteiger partial charge on any atom is -0.447 e. The van der Waals surface area contributed by atoms with Crippen molar-refractivity contribution in [2.45, 2.75) is 97.6 Å². The van der Waals surface area contributed by atoms with E-state index in [1.807, 2.05) is 54.9 Å². The maximum absolute atomic E-state index is 14.1. The fraction of sp³-hybridized carbons (Fsp3) is 0.444. The third-order valence-corrected chi connectivity index (χ3v) is 14.2. The number of benzene rings is 3. The van der Waals surface area contributed by atoms with Crippen molar-refractivity contribution in [2.75, 3.05) is 6.61 Å². The van der Waals surface area contributed by atoms with Crippen LogP contribution in [0.2, 0.25) is 18.1 Å². The molecule has 2 unspecified atom stereocenters. The number of amides is 2. The van der Waals surface area contributed by atoms with Gasteiger partial charge in [-0.15, -0.1) is 5.10 Å². The molecule has 238 valence electrons. The molecular weight excluding hydrogens is 581 g/mol. The number of hydrogen-bond acceptors (Lipinski definition) is 6. The number of cyclic esters (lactones) is 1. The van der Waals surface area contributed by atoms with Gasteiger partial charge in [-0.1, -0.05) is 80.6 Å². The minimum absolute atomic E-state index is 0.0938. The van der Waals surface area contributed by atoms with Crippen molar-refractivity contribution in [2.24, 2.45) is 0 Å². The maximum atomic E-state index is 14.1. The van der Waals surface area contributed by atoms with Gasteiger partial charge in [0.05, 0.1) is 18.2 Å². The van der Waals surface area contributed by atoms with Crippen molar-refractivity contribution in [3.8, 4) is 0 Å². The van der Waals surface area contributed by atoms with Crippen LogP contribution in [0.4, 0.5) is 4.79 Å². The molecule has 0 saturated carbocycles. The van der Waals surface area contributed by atoms with E-state index < -0.39 is 14.4 Å². The number of rotatable bonds is 10. The topological polar surface area (TPSA) is 86.6 Å². The molecule has 1 aliphatic rings. The Morgan fingerprint density at radius 3 is 2.51 bits per heavy atom. The van der Waals surface area contributed by atoms with Crippen LogP contribution in [0.1, 0.15) is 73.4 Å². The lowest BCUT2D eigenvalue weighted by molar-refractivity contribution is -0.129. The van der Waals surface area contributed by atoms with Crippen LogP contribution in [0, 0.1) is 13.8 Å². The van der Waals surface area contributed by atoms with Crippen LogP contribution in [0.5, 0.6) is 0 Å². The van der Waals surface area contributed by atoms with E-state index in [1.54, 1.807) is 0 Å². The lowest BCUT2D eigenvalue weighted by Gasteiger charge is -2.36. The van der Waals surface area contributed by atoms with Gasteiger partial charge in [-0.25, -0.2) is 14.4 Å². The van der Waals surface area contributed by atoms with Crippen LogP contribution in [0.25, 0.3) is 11.0 Å². The molecule has 0 aliphatic carbocycles. The molecule has 2 heterocycles. The van der Waals surface area contributed by atoms with E-state index in [9.17, 15) is 9.59 Å². The minimum atomic E-state index is -1.98. The van der Waals surface area contributed by atoms with Crippen molar-refractivity contribution in [3.05, 3.63) is 94.0 Å². The normalized spacial score (nSPS) is 16.3. The lowest BCUT2D eigenvalue weighted by Crippen LogP contribution is -2.41. The van der Waals surface area contributed by atoms with E-state index in [0.29, 0.717) is 19.6 Å². The first-order valence-corrected chi connectivity index (χ1v) is 18.8. The Labute approximate surface area is 267 Å². The van der Waals surface area contributed by atoms with E-state index in [0.717, 1.165) is 44.4 Å². The Morgan fingerprint density at radius 2 is 1.82 bits per heavy atom. The van der Waals surface area contributed by atoms with Gasteiger partial charge in [0.2, 0.25) is 5.91 Å². The summed E-state index contributed by atoms with van der Waals surface area (Å²) in [5.41, 5.74) is 8.06. The van der Waals surface area contributed by atoms with Crippen LogP contribution in [0.3, 0.4) is 0 Å². The number of nitrogens with zero attached hydrogens (tertiary/aromatic N) is 4. The highest BCUT2D eigenvalue weighted by atomic mass is 28.4. The number of ether oxygens (including phenoxy) is 1. The smallest absolute Gasteiger partial charge is 0.416 e. The summed E-state index contributed by atoms with van der Waals surface area (Å²) >= 11 is 0. The van der Waals surface area contributed by atoms with E-state index in [-0.39, 0.29) is 35.9 Å². The van der Waals surface area contributed by atoms with Gasteiger partial charge in [-0.2, -0.15) is 0 Å². The van der Waals surface area contributed by atoms with Crippen LogP contribution in [-0.2, 0) is 33.5 Å². The highest BCUT2D eigenvalue weighted by Gasteiger charge is 2.40. The summed E-state index contributed by atoms with van der Waals surface area (Å²) in [5.74, 6) is -0.563. The van der Waals surface area contributed by atoms with Crippen LogP contribution in [0.15, 0.2) is 60.7 Å². The zero-order valence-electron chi connectivity index (χ0n) is 27.9. The second kappa shape index (κ2) is 12.9. The Hall–Kier alpha value is -3.82. The highest BCUT2D eigenvalue weighted by molar-refractivity contribution is 6.74. The second-order valence-corrected chi connectivity index (χ2v) is 18.5. The number of carbonyl (C=O) groups is 2. The summed E-state index contributed by atoms with van der Waals surface area (Å²) in [6, 6.07) is 20.1. The average molecular weight is 627 g/mol. The molecule has 2 amide bonds. The van der Waals surface area contributed by atoms with Gasteiger partial charge in [-0.05, 0) is 84.8 Å². The van der Waals surface area contributed by atoms with E-state index in [1.165, 1.54) is 4.90 Å². The summed E-state index contributed by atoms with van der Waals surface area (Å²) in [7, 11) is -1.98. The third kappa shape index (κ3) is 6.74. The molecule has 8 nitrogen and oxygen atoms in total. The molecule has 45 heavy (non-hydrogen) atoms. The van der Waals surface area contributed by atoms with E-state index in [4.69, 9.17) is 9.16 Å². The van der Waals surface area contributed by atoms with Gasteiger partial charge in [-0.3, -0.25) is 4.79 Å².